The Morgan fingerprint density at radius 3 is 2.14 bits per heavy atom. The molecule has 154 valence electrons. The first kappa shape index (κ1) is 21.3. The van der Waals surface area contributed by atoms with Gasteiger partial charge in [-0.3, -0.25) is 4.79 Å². The van der Waals surface area contributed by atoms with Crippen LogP contribution < -0.4 is 10.8 Å². The molecule has 0 spiro atoms. The summed E-state index contributed by atoms with van der Waals surface area (Å²) < 4.78 is 49.8. The normalized spacial score (nSPS) is 18.0. The maximum Gasteiger partial charge on any atom is 0.495 e. The van der Waals surface area contributed by atoms with Crippen LogP contribution in [0.25, 0.3) is 0 Å². The minimum atomic E-state index is -4.66. The molecule has 0 aliphatic carbocycles. The lowest BCUT2D eigenvalue weighted by atomic mass is 9.76. The highest BCUT2D eigenvalue weighted by Crippen LogP contribution is 2.36. The van der Waals surface area contributed by atoms with E-state index in [1.165, 1.54) is 0 Å². The third kappa shape index (κ3) is 4.28. The van der Waals surface area contributed by atoms with Crippen molar-refractivity contribution in [3.8, 4) is 0 Å². The van der Waals surface area contributed by atoms with Crippen molar-refractivity contribution in [2.75, 3.05) is 5.32 Å². The number of rotatable bonds is 3. The SMILES string of the molecule is Cc1ccc(NC(=O)c2cnc(C(F)(F)F)nc2)cc1B1OC(C)(C)C(C)(C)O1. The van der Waals surface area contributed by atoms with Crippen LogP contribution in [0.3, 0.4) is 0 Å². The number of carbonyl (C=O) groups excluding carboxylic acids is 1. The number of halogens is 3. The lowest BCUT2D eigenvalue weighted by molar-refractivity contribution is -0.145. The second kappa shape index (κ2) is 7.10. The van der Waals surface area contributed by atoms with Crippen LogP contribution in [0.2, 0.25) is 0 Å². The van der Waals surface area contributed by atoms with Gasteiger partial charge in [0.1, 0.15) is 0 Å². The molecule has 0 atom stereocenters. The average Bonchev–Trinajstić information content (AvgIpc) is 2.83. The lowest BCUT2D eigenvalue weighted by Gasteiger charge is -2.32. The molecule has 1 amide bonds. The third-order valence-electron chi connectivity index (χ3n) is 5.21. The Morgan fingerprint density at radius 1 is 1.07 bits per heavy atom. The number of nitrogens with one attached hydrogen (secondary N) is 1. The number of benzene rings is 1. The molecule has 0 saturated carbocycles. The van der Waals surface area contributed by atoms with Gasteiger partial charge >= 0.3 is 13.3 Å². The number of nitrogens with zero attached hydrogens (tertiary/aromatic N) is 2. The summed E-state index contributed by atoms with van der Waals surface area (Å²) in [5.41, 5.74) is 1.01. The van der Waals surface area contributed by atoms with Crippen LogP contribution in [0, 0.1) is 6.92 Å². The summed E-state index contributed by atoms with van der Waals surface area (Å²) >= 11 is 0. The van der Waals surface area contributed by atoms with E-state index in [1.807, 2.05) is 34.6 Å². The number of alkyl halides is 3. The summed E-state index contributed by atoms with van der Waals surface area (Å²) in [5.74, 6) is -1.92. The Hall–Kier alpha value is -2.46. The van der Waals surface area contributed by atoms with Crippen molar-refractivity contribution < 1.29 is 27.3 Å². The molecule has 29 heavy (non-hydrogen) atoms. The highest BCUT2D eigenvalue weighted by molar-refractivity contribution is 6.62. The smallest absolute Gasteiger partial charge is 0.399 e. The van der Waals surface area contributed by atoms with Crippen molar-refractivity contribution >= 4 is 24.2 Å². The molecule has 1 aliphatic heterocycles. The first-order valence-corrected chi connectivity index (χ1v) is 8.97. The Bertz CT molecular complexity index is 915. The molecule has 3 rings (SSSR count). The van der Waals surface area contributed by atoms with Crippen molar-refractivity contribution in [3.05, 3.63) is 47.5 Å². The van der Waals surface area contributed by atoms with E-state index in [0.717, 1.165) is 23.4 Å². The molecule has 1 saturated heterocycles. The predicted molar refractivity (Wildman–Crippen MR) is 102 cm³/mol. The van der Waals surface area contributed by atoms with Crippen molar-refractivity contribution in [2.24, 2.45) is 0 Å². The van der Waals surface area contributed by atoms with Gasteiger partial charge in [-0.15, -0.1) is 0 Å². The van der Waals surface area contributed by atoms with Crippen LogP contribution in [-0.4, -0.2) is 34.2 Å². The molecule has 1 N–H and O–H groups in total. The van der Waals surface area contributed by atoms with E-state index < -0.39 is 36.2 Å². The Balaban J connectivity index is 1.79. The van der Waals surface area contributed by atoms with Gasteiger partial charge in [0.2, 0.25) is 5.82 Å². The minimum Gasteiger partial charge on any atom is -0.399 e. The van der Waals surface area contributed by atoms with Crippen LogP contribution in [0.5, 0.6) is 0 Å². The fraction of sp³-hybridized carbons (Fsp3) is 0.421. The number of hydrogen-bond acceptors (Lipinski definition) is 5. The molecule has 0 bridgehead atoms. The van der Waals surface area contributed by atoms with Gasteiger partial charge in [0.05, 0.1) is 16.8 Å². The molecule has 1 aromatic heterocycles. The highest BCUT2D eigenvalue weighted by Gasteiger charge is 2.52. The van der Waals surface area contributed by atoms with Crippen LogP contribution in [0.1, 0.15) is 49.4 Å². The Kier molecular flexibility index (Phi) is 5.21. The van der Waals surface area contributed by atoms with Gasteiger partial charge in [-0.25, -0.2) is 9.97 Å². The second-order valence-electron chi connectivity index (χ2n) is 7.91. The zero-order valence-electron chi connectivity index (χ0n) is 16.7. The van der Waals surface area contributed by atoms with Gasteiger partial charge < -0.3 is 14.6 Å². The van der Waals surface area contributed by atoms with Gasteiger partial charge in [0.15, 0.2) is 0 Å². The summed E-state index contributed by atoms with van der Waals surface area (Å²) in [7, 11) is -0.605. The minimum absolute atomic E-state index is 0.0873. The van der Waals surface area contributed by atoms with Crippen molar-refractivity contribution in [1.82, 2.24) is 9.97 Å². The molecule has 10 heteroatoms. The van der Waals surface area contributed by atoms with Crippen molar-refractivity contribution in [3.63, 3.8) is 0 Å². The highest BCUT2D eigenvalue weighted by atomic mass is 19.4. The topological polar surface area (TPSA) is 73.3 Å². The van der Waals surface area contributed by atoms with Crippen LogP contribution in [-0.2, 0) is 15.5 Å². The second-order valence-corrected chi connectivity index (χ2v) is 7.91. The molecule has 1 fully saturated rings. The molecule has 0 unspecified atom stereocenters. The fourth-order valence-corrected chi connectivity index (χ4v) is 2.74. The quantitative estimate of drug-likeness (QED) is 0.791. The average molecular weight is 407 g/mol. The van der Waals surface area contributed by atoms with E-state index in [9.17, 15) is 18.0 Å². The maximum absolute atomic E-state index is 12.6. The largest absolute Gasteiger partial charge is 0.495 e. The summed E-state index contributed by atoms with van der Waals surface area (Å²) in [5, 5.41) is 2.64. The van der Waals surface area contributed by atoms with Crippen LogP contribution >= 0.6 is 0 Å². The van der Waals surface area contributed by atoms with Crippen molar-refractivity contribution in [1.29, 1.82) is 0 Å². The van der Waals surface area contributed by atoms with E-state index in [-0.39, 0.29) is 5.56 Å². The monoisotopic (exact) mass is 407 g/mol. The number of carbonyl (C=O) groups is 1. The summed E-state index contributed by atoms with van der Waals surface area (Å²) in [4.78, 5) is 18.8. The predicted octanol–water partition coefficient (Wildman–Crippen LogP) is 3.36. The van der Waals surface area contributed by atoms with Gasteiger partial charge in [0, 0.05) is 18.1 Å². The number of amides is 1. The van der Waals surface area contributed by atoms with Crippen LogP contribution in [0.15, 0.2) is 30.6 Å². The molecular formula is C19H21BF3N3O3. The molecular weight excluding hydrogens is 386 g/mol. The Labute approximate surface area is 167 Å². The van der Waals surface area contributed by atoms with Gasteiger partial charge in [-0.05, 0) is 52.2 Å². The first-order chi connectivity index (χ1) is 13.3. The zero-order chi connectivity index (χ0) is 21.6. The van der Waals surface area contributed by atoms with Gasteiger partial charge in [-0.1, -0.05) is 11.6 Å². The fourth-order valence-electron chi connectivity index (χ4n) is 2.74. The van der Waals surface area contributed by atoms with E-state index >= 15 is 0 Å². The zero-order valence-corrected chi connectivity index (χ0v) is 16.7. The van der Waals surface area contributed by atoms with E-state index in [1.54, 1.807) is 18.2 Å². The van der Waals surface area contributed by atoms with E-state index in [2.05, 4.69) is 15.3 Å². The number of aryl methyl sites for hydroxylation is 1. The third-order valence-corrected chi connectivity index (χ3v) is 5.21. The van der Waals surface area contributed by atoms with E-state index in [0.29, 0.717) is 5.69 Å². The molecule has 2 heterocycles. The first-order valence-electron chi connectivity index (χ1n) is 8.97. The van der Waals surface area contributed by atoms with Crippen LogP contribution in [0.4, 0.5) is 18.9 Å². The lowest BCUT2D eigenvalue weighted by Crippen LogP contribution is -2.41. The Morgan fingerprint density at radius 2 is 1.62 bits per heavy atom. The molecule has 2 aromatic rings. The number of anilines is 1. The summed E-state index contributed by atoms with van der Waals surface area (Å²) in [6.45, 7) is 9.67. The van der Waals surface area contributed by atoms with Gasteiger partial charge in [-0.2, -0.15) is 13.2 Å². The number of hydrogen-bond donors (Lipinski definition) is 1. The summed E-state index contributed by atoms with van der Waals surface area (Å²) in [6.07, 6.45) is -2.98. The molecule has 1 aliphatic rings. The summed E-state index contributed by atoms with van der Waals surface area (Å²) in [6, 6.07) is 5.21. The van der Waals surface area contributed by atoms with Gasteiger partial charge in [0.25, 0.3) is 5.91 Å². The maximum atomic E-state index is 12.6. The number of aromatic nitrogens is 2. The molecule has 1 aromatic carbocycles. The molecule has 0 radical (unpaired) electrons. The van der Waals surface area contributed by atoms with E-state index in [4.69, 9.17) is 9.31 Å². The standard InChI is InChI=1S/C19H21BF3N3O3/c1-11-6-7-13(8-14(11)20-28-17(2,3)18(4,5)29-20)26-15(27)12-9-24-16(25-10-12)19(21,22)23/h6-10H,1-5H3,(H,26,27). The van der Waals surface area contributed by atoms with Crippen molar-refractivity contribution in [2.45, 2.75) is 52.0 Å². The molecule has 6 nitrogen and oxygen atoms in total.